The number of aromatic nitrogens is 3. The average Bonchev–Trinajstić information content (AvgIpc) is 3.33. The lowest BCUT2D eigenvalue weighted by molar-refractivity contribution is 0.169. The number of piperazine rings is 1. The summed E-state index contributed by atoms with van der Waals surface area (Å²) in [6, 6.07) is 1.93. The molecule has 0 bridgehead atoms. The summed E-state index contributed by atoms with van der Waals surface area (Å²) in [6.07, 6.45) is 7.74. The summed E-state index contributed by atoms with van der Waals surface area (Å²) in [5.41, 5.74) is 0.997. The van der Waals surface area contributed by atoms with E-state index in [9.17, 15) is 0 Å². The molecule has 0 unspecified atom stereocenters. The Morgan fingerprint density at radius 1 is 1.25 bits per heavy atom. The maximum absolute atomic E-state index is 4.92. The molecule has 3 heterocycles. The van der Waals surface area contributed by atoms with Crippen LogP contribution in [0.25, 0.3) is 0 Å². The monoisotopic (exact) mass is 501 g/mol. The van der Waals surface area contributed by atoms with Gasteiger partial charge in [-0.05, 0) is 26.7 Å². The van der Waals surface area contributed by atoms with Crippen molar-refractivity contribution in [3.8, 4) is 0 Å². The van der Waals surface area contributed by atoms with Crippen molar-refractivity contribution in [3.05, 3.63) is 36.2 Å². The minimum absolute atomic E-state index is 0. The van der Waals surface area contributed by atoms with Gasteiger partial charge in [0.1, 0.15) is 12.1 Å². The number of imidazole rings is 1. The summed E-state index contributed by atoms with van der Waals surface area (Å²) in [7, 11) is 0. The van der Waals surface area contributed by atoms with Crippen LogP contribution in [0, 0.1) is 6.92 Å². The predicted octanol–water partition coefficient (Wildman–Crippen LogP) is 2.36. The van der Waals surface area contributed by atoms with Gasteiger partial charge in [-0.2, -0.15) is 0 Å². The predicted molar refractivity (Wildman–Crippen MR) is 121 cm³/mol. The molecule has 0 radical (unpaired) electrons. The van der Waals surface area contributed by atoms with E-state index in [2.05, 4.69) is 36.7 Å². The van der Waals surface area contributed by atoms with Crippen LogP contribution in [0.15, 0.2) is 34.2 Å². The van der Waals surface area contributed by atoms with Crippen molar-refractivity contribution < 1.29 is 4.52 Å². The molecule has 2 aromatic rings. The second-order valence-electron chi connectivity index (χ2n) is 6.86. The van der Waals surface area contributed by atoms with Gasteiger partial charge >= 0.3 is 0 Å². The third kappa shape index (κ3) is 6.77. The fourth-order valence-electron chi connectivity index (χ4n) is 3.31. The maximum Gasteiger partial charge on any atom is 0.194 e. The van der Waals surface area contributed by atoms with E-state index < -0.39 is 0 Å². The first kappa shape index (κ1) is 22.7. The highest BCUT2D eigenvalue weighted by atomic mass is 127. The first-order chi connectivity index (χ1) is 13.3. The van der Waals surface area contributed by atoms with E-state index in [1.165, 1.54) is 0 Å². The van der Waals surface area contributed by atoms with Crippen LogP contribution in [0.1, 0.15) is 31.3 Å². The number of unbranched alkanes of at least 4 members (excludes halogenated alkanes) is 1. The summed E-state index contributed by atoms with van der Waals surface area (Å²) in [5, 5.41) is 7.44. The Labute approximate surface area is 184 Å². The number of rotatable bonds is 8. The van der Waals surface area contributed by atoms with Gasteiger partial charge in [-0.1, -0.05) is 5.16 Å². The zero-order valence-corrected chi connectivity index (χ0v) is 19.2. The number of aryl methyl sites for hydroxylation is 2. The first-order valence-electron chi connectivity index (χ1n) is 9.89. The highest BCUT2D eigenvalue weighted by Crippen LogP contribution is 2.08. The van der Waals surface area contributed by atoms with Crippen molar-refractivity contribution in [1.29, 1.82) is 0 Å². The molecule has 1 aliphatic rings. The van der Waals surface area contributed by atoms with Crippen LogP contribution in [0.3, 0.4) is 0 Å². The molecule has 1 saturated heterocycles. The lowest BCUT2D eigenvalue weighted by atomic mass is 10.3. The van der Waals surface area contributed by atoms with Gasteiger partial charge in [0.2, 0.25) is 0 Å². The topological polar surface area (TPSA) is 74.7 Å². The molecule has 1 aliphatic heterocycles. The third-order valence-corrected chi connectivity index (χ3v) is 4.88. The molecule has 0 atom stereocenters. The molecule has 1 fully saturated rings. The number of aliphatic imine (C=N–C) groups is 1. The van der Waals surface area contributed by atoms with Gasteiger partial charge in [0.15, 0.2) is 5.96 Å². The Kier molecular flexibility index (Phi) is 9.76. The van der Waals surface area contributed by atoms with Gasteiger partial charge < -0.3 is 19.3 Å². The van der Waals surface area contributed by atoms with Gasteiger partial charge in [-0.15, -0.1) is 24.0 Å². The molecule has 3 rings (SSSR count). The van der Waals surface area contributed by atoms with E-state index >= 15 is 0 Å². The standard InChI is InChI=1S/C19H31N7O.HI/c1-3-20-19(22-7-4-5-9-25-10-8-21-17(25)2)26-13-11-24(12-14-26)16-18-6-15-27-23-18;/h6,8,10,15H,3-5,7,9,11-14,16H2,1-2H3,(H,20,22);1H. The zero-order chi connectivity index (χ0) is 18.9. The number of guanidine groups is 1. The Hall–Kier alpha value is -1.62. The van der Waals surface area contributed by atoms with Crippen LogP contribution in [-0.4, -0.2) is 69.7 Å². The van der Waals surface area contributed by atoms with Crippen molar-refractivity contribution in [1.82, 2.24) is 29.8 Å². The molecule has 8 nitrogen and oxygen atoms in total. The van der Waals surface area contributed by atoms with Crippen molar-refractivity contribution >= 4 is 29.9 Å². The highest BCUT2D eigenvalue weighted by molar-refractivity contribution is 14.0. The second-order valence-corrected chi connectivity index (χ2v) is 6.86. The largest absolute Gasteiger partial charge is 0.364 e. The Morgan fingerprint density at radius 3 is 2.71 bits per heavy atom. The fraction of sp³-hybridized carbons (Fsp3) is 0.632. The maximum atomic E-state index is 4.92. The smallest absolute Gasteiger partial charge is 0.194 e. The summed E-state index contributed by atoms with van der Waals surface area (Å²) in [5.74, 6) is 2.12. The molecule has 28 heavy (non-hydrogen) atoms. The molecule has 0 saturated carbocycles. The van der Waals surface area contributed by atoms with Crippen LogP contribution in [0.2, 0.25) is 0 Å². The minimum Gasteiger partial charge on any atom is -0.364 e. The molecule has 156 valence electrons. The molecule has 1 N–H and O–H groups in total. The van der Waals surface area contributed by atoms with Crippen LogP contribution in [-0.2, 0) is 13.1 Å². The Morgan fingerprint density at radius 2 is 2.07 bits per heavy atom. The molecule has 0 aliphatic carbocycles. The van der Waals surface area contributed by atoms with Gasteiger partial charge in [0.25, 0.3) is 0 Å². The average molecular weight is 501 g/mol. The number of nitrogens with one attached hydrogen (secondary N) is 1. The van der Waals surface area contributed by atoms with E-state index in [1.807, 2.05) is 25.4 Å². The summed E-state index contributed by atoms with van der Waals surface area (Å²) >= 11 is 0. The van der Waals surface area contributed by atoms with Gasteiger partial charge in [-0.3, -0.25) is 9.89 Å². The normalized spacial score (nSPS) is 15.5. The number of halogens is 1. The number of hydrogen-bond acceptors (Lipinski definition) is 5. The summed E-state index contributed by atoms with van der Waals surface area (Å²) in [6.45, 7) is 11.8. The van der Waals surface area contributed by atoms with Gasteiger partial charge in [-0.25, -0.2) is 4.98 Å². The van der Waals surface area contributed by atoms with E-state index in [0.717, 1.165) is 82.7 Å². The lowest BCUT2D eigenvalue weighted by Crippen LogP contribution is -2.52. The van der Waals surface area contributed by atoms with Crippen molar-refractivity contribution in [3.63, 3.8) is 0 Å². The lowest BCUT2D eigenvalue weighted by Gasteiger charge is -2.36. The van der Waals surface area contributed by atoms with Crippen molar-refractivity contribution in [2.24, 2.45) is 4.99 Å². The highest BCUT2D eigenvalue weighted by Gasteiger charge is 2.20. The molecular formula is C19H32IN7O. The van der Waals surface area contributed by atoms with Crippen LogP contribution >= 0.6 is 24.0 Å². The minimum atomic E-state index is 0. The van der Waals surface area contributed by atoms with Crippen LogP contribution in [0.5, 0.6) is 0 Å². The fourth-order valence-corrected chi connectivity index (χ4v) is 3.31. The molecular weight excluding hydrogens is 469 g/mol. The first-order valence-corrected chi connectivity index (χ1v) is 9.89. The molecule has 0 aromatic carbocycles. The van der Waals surface area contributed by atoms with Crippen LogP contribution in [0.4, 0.5) is 0 Å². The molecule has 0 amide bonds. The van der Waals surface area contributed by atoms with Crippen LogP contribution < -0.4 is 5.32 Å². The zero-order valence-electron chi connectivity index (χ0n) is 16.9. The summed E-state index contributed by atoms with van der Waals surface area (Å²) < 4.78 is 7.12. The van der Waals surface area contributed by atoms with E-state index in [0.29, 0.717) is 0 Å². The van der Waals surface area contributed by atoms with Gasteiger partial charge in [0.05, 0.1) is 5.69 Å². The van der Waals surface area contributed by atoms with Crippen molar-refractivity contribution in [2.45, 2.75) is 39.8 Å². The molecule has 2 aromatic heterocycles. The Bertz CT molecular complexity index is 693. The van der Waals surface area contributed by atoms with Crippen molar-refractivity contribution in [2.75, 3.05) is 39.3 Å². The second kappa shape index (κ2) is 12.1. The summed E-state index contributed by atoms with van der Waals surface area (Å²) in [4.78, 5) is 13.9. The molecule has 0 spiro atoms. The SMILES string of the molecule is CCNC(=NCCCCn1ccnc1C)N1CCN(Cc2ccon2)CC1.I. The number of hydrogen-bond donors (Lipinski definition) is 1. The number of nitrogens with zero attached hydrogens (tertiary/aromatic N) is 6. The van der Waals surface area contributed by atoms with Gasteiger partial charge in [0, 0.05) is 70.8 Å². The van der Waals surface area contributed by atoms with E-state index in [4.69, 9.17) is 9.52 Å². The quantitative estimate of drug-likeness (QED) is 0.259. The Balaban J connectivity index is 0.00000280. The molecule has 9 heteroatoms. The van der Waals surface area contributed by atoms with E-state index in [1.54, 1.807) is 6.26 Å². The third-order valence-electron chi connectivity index (χ3n) is 4.88. The van der Waals surface area contributed by atoms with E-state index in [-0.39, 0.29) is 24.0 Å².